The second-order valence-corrected chi connectivity index (χ2v) is 12.1. The summed E-state index contributed by atoms with van der Waals surface area (Å²) >= 11 is 0. The van der Waals surface area contributed by atoms with Crippen molar-refractivity contribution < 1.29 is 44.7 Å². The molecule has 13 heteroatoms. The highest BCUT2D eigenvalue weighted by molar-refractivity contribution is 7.89. The van der Waals surface area contributed by atoms with Crippen LogP contribution in [-0.4, -0.2) is 54.8 Å². The van der Waals surface area contributed by atoms with Gasteiger partial charge in [0.15, 0.2) is 0 Å². The van der Waals surface area contributed by atoms with Gasteiger partial charge in [0.1, 0.15) is 29.4 Å². The number of rotatable bonds is 8. The molecular formula is C25H24F6N2O4S. The molecule has 1 aliphatic heterocycles. The maximum absolute atomic E-state index is 15.7. The van der Waals surface area contributed by atoms with Gasteiger partial charge >= 0.3 is 5.76 Å². The van der Waals surface area contributed by atoms with E-state index in [4.69, 9.17) is 0 Å². The number of carbonyl (C=O) groups excluding carboxylic acids is 1. The number of nitrogens with zero attached hydrogens (tertiary/aromatic N) is 1. The van der Waals surface area contributed by atoms with Crippen LogP contribution in [0.4, 0.5) is 26.3 Å². The second-order valence-electron chi connectivity index (χ2n) is 10.4. The summed E-state index contributed by atoms with van der Waals surface area (Å²) < 4.78 is 111. The van der Waals surface area contributed by atoms with Gasteiger partial charge in [-0.2, -0.15) is 8.78 Å². The third-order valence-electron chi connectivity index (χ3n) is 7.67. The first-order chi connectivity index (χ1) is 17.8. The topological polar surface area (TPSA) is 86.7 Å². The Morgan fingerprint density at radius 2 is 1.63 bits per heavy atom. The number of alkyl halides is 2. The van der Waals surface area contributed by atoms with E-state index in [1.807, 2.05) is 4.72 Å². The van der Waals surface area contributed by atoms with Gasteiger partial charge in [-0.25, -0.2) is 30.7 Å². The number of likely N-dealkylation sites (tertiary alicyclic amines) is 1. The lowest BCUT2D eigenvalue weighted by Crippen LogP contribution is -2.52. The van der Waals surface area contributed by atoms with Crippen LogP contribution in [0.5, 0.6) is 0 Å². The zero-order valence-corrected chi connectivity index (χ0v) is 20.6. The largest absolute Gasteiger partial charge is 0.383 e. The monoisotopic (exact) mass is 562 g/mol. The van der Waals surface area contributed by atoms with E-state index in [2.05, 4.69) is 0 Å². The van der Waals surface area contributed by atoms with Crippen molar-refractivity contribution in [2.45, 2.75) is 56.0 Å². The molecule has 5 rings (SSSR count). The fourth-order valence-electron chi connectivity index (χ4n) is 5.40. The van der Waals surface area contributed by atoms with E-state index < -0.39 is 80.5 Å². The van der Waals surface area contributed by atoms with Crippen molar-refractivity contribution >= 4 is 15.9 Å². The standard InChI is InChI=1S/C25H24F6N2O4S/c26-15-5-13(6-16(27)9-15)18-10-17(28)7-14(20(18)29)8-19-22(32-38(36,37)24(30)31)25(3-4-25)11-33(19)23(35)21(34)12-1-2-12/h5-7,9-10,12,19,21-22,24,32,34H,1-4,8,11H2/t19-,21-,22+/m0/s1. The van der Waals surface area contributed by atoms with E-state index in [1.165, 1.54) is 4.90 Å². The van der Waals surface area contributed by atoms with Crippen LogP contribution in [0.3, 0.4) is 0 Å². The number of hydrogen-bond acceptors (Lipinski definition) is 4. The SMILES string of the molecule is O=C([C@@H](O)C1CC1)N1CC2(CC2)[C@H](NS(=O)(=O)C(F)F)[C@@H]1Cc1cc(F)cc(-c2cc(F)cc(F)c2)c1F. The minimum atomic E-state index is -5.13. The number of sulfonamides is 1. The molecule has 2 aliphatic carbocycles. The van der Waals surface area contributed by atoms with Gasteiger partial charge in [-0.15, -0.1) is 0 Å². The van der Waals surface area contributed by atoms with Crippen LogP contribution in [0, 0.1) is 34.6 Å². The highest BCUT2D eigenvalue weighted by atomic mass is 32.2. The lowest BCUT2D eigenvalue weighted by atomic mass is 9.91. The Bertz CT molecular complexity index is 1360. The van der Waals surface area contributed by atoms with Crippen molar-refractivity contribution in [3.8, 4) is 11.1 Å². The van der Waals surface area contributed by atoms with Crippen molar-refractivity contribution in [3.05, 3.63) is 59.2 Å². The van der Waals surface area contributed by atoms with Gasteiger partial charge in [-0.05, 0) is 73.4 Å². The smallest absolute Gasteiger partial charge is 0.350 e. The quantitative estimate of drug-likeness (QED) is 0.481. The Kier molecular flexibility index (Phi) is 6.75. The third-order valence-corrected chi connectivity index (χ3v) is 8.72. The molecule has 3 fully saturated rings. The molecular weight excluding hydrogens is 538 g/mol. The normalized spacial score (nSPS) is 23.3. The molecule has 38 heavy (non-hydrogen) atoms. The second kappa shape index (κ2) is 9.53. The first-order valence-electron chi connectivity index (χ1n) is 12.0. The number of benzene rings is 2. The number of amides is 1. The van der Waals surface area contributed by atoms with Crippen LogP contribution in [0.25, 0.3) is 11.1 Å². The number of aliphatic hydroxyl groups excluding tert-OH is 1. The summed E-state index contributed by atoms with van der Waals surface area (Å²) in [5.74, 6) is -8.89. The molecule has 0 unspecified atom stereocenters. The molecule has 2 saturated carbocycles. The van der Waals surface area contributed by atoms with Gasteiger partial charge in [0, 0.05) is 29.6 Å². The van der Waals surface area contributed by atoms with E-state index in [0.717, 1.165) is 24.3 Å². The fourth-order valence-corrected chi connectivity index (χ4v) is 6.26. The van der Waals surface area contributed by atoms with Gasteiger partial charge in [-0.3, -0.25) is 4.79 Å². The van der Waals surface area contributed by atoms with E-state index in [0.29, 0.717) is 31.7 Å². The lowest BCUT2D eigenvalue weighted by Gasteiger charge is -2.31. The van der Waals surface area contributed by atoms with Crippen molar-refractivity contribution in [1.82, 2.24) is 9.62 Å². The fraction of sp³-hybridized carbons (Fsp3) is 0.480. The van der Waals surface area contributed by atoms with Crippen molar-refractivity contribution in [2.24, 2.45) is 11.3 Å². The highest BCUT2D eigenvalue weighted by Crippen LogP contribution is 2.56. The molecule has 1 heterocycles. The Labute approximate surface area is 214 Å². The Hall–Kier alpha value is -2.64. The number of aliphatic hydroxyl groups is 1. The Balaban J connectivity index is 1.55. The molecule has 6 nitrogen and oxygen atoms in total. The molecule has 1 saturated heterocycles. The summed E-state index contributed by atoms with van der Waals surface area (Å²) in [4.78, 5) is 14.4. The van der Waals surface area contributed by atoms with Crippen LogP contribution in [0.1, 0.15) is 31.2 Å². The zero-order chi connectivity index (χ0) is 27.6. The van der Waals surface area contributed by atoms with Crippen LogP contribution >= 0.6 is 0 Å². The van der Waals surface area contributed by atoms with Crippen LogP contribution < -0.4 is 4.72 Å². The average Bonchev–Trinajstić information content (AvgIpc) is 3.75. The Morgan fingerprint density at radius 3 is 2.18 bits per heavy atom. The van der Waals surface area contributed by atoms with Crippen LogP contribution in [-0.2, 0) is 21.2 Å². The molecule has 2 aromatic carbocycles. The maximum Gasteiger partial charge on any atom is 0.350 e. The molecule has 206 valence electrons. The van der Waals surface area contributed by atoms with Crippen LogP contribution in [0.2, 0.25) is 0 Å². The van der Waals surface area contributed by atoms with Gasteiger partial charge < -0.3 is 10.0 Å². The molecule has 0 radical (unpaired) electrons. The predicted molar refractivity (Wildman–Crippen MR) is 123 cm³/mol. The van der Waals surface area contributed by atoms with Gasteiger partial charge in [0.05, 0.1) is 6.04 Å². The summed E-state index contributed by atoms with van der Waals surface area (Å²) in [5, 5.41) is 10.5. The zero-order valence-electron chi connectivity index (χ0n) is 19.8. The first kappa shape index (κ1) is 26.9. The number of nitrogens with one attached hydrogen (secondary N) is 1. The highest BCUT2D eigenvalue weighted by Gasteiger charge is 2.62. The summed E-state index contributed by atoms with van der Waals surface area (Å²) in [6.07, 6.45) is 0.0804. The van der Waals surface area contributed by atoms with Crippen molar-refractivity contribution in [3.63, 3.8) is 0 Å². The maximum atomic E-state index is 15.7. The minimum Gasteiger partial charge on any atom is -0.383 e. The molecule has 2 aromatic rings. The van der Waals surface area contributed by atoms with Crippen molar-refractivity contribution in [2.75, 3.05) is 6.54 Å². The molecule has 3 atom stereocenters. The lowest BCUT2D eigenvalue weighted by molar-refractivity contribution is -0.142. The van der Waals surface area contributed by atoms with Gasteiger partial charge in [0.25, 0.3) is 15.9 Å². The molecule has 1 spiro atoms. The summed E-state index contributed by atoms with van der Waals surface area (Å²) in [7, 11) is -5.13. The van der Waals surface area contributed by atoms with Crippen molar-refractivity contribution in [1.29, 1.82) is 0 Å². The average molecular weight is 563 g/mol. The number of carbonyl (C=O) groups is 1. The van der Waals surface area contributed by atoms with E-state index in [1.54, 1.807) is 0 Å². The third kappa shape index (κ3) is 5.03. The van der Waals surface area contributed by atoms with Gasteiger partial charge in [-0.1, -0.05) is 0 Å². The molecule has 1 amide bonds. The summed E-state index contributed by atoms with van der Waals surface area (Å²) in [6.45, 7) is -0.0599. The first-order valence-corrected chi connectivity index (χ1v) is 13.6. The van der Waals surface area contributed by atoms with Gasteiger partial charge in [0.2, 0.25) is 0 Å². The van der Waals surface area contributed by atoms with Crippen LogP contribution in [0.15, 0.2) is 30.3 Å². The summed E-state index contributed by atoms with van der Waals surface area (Å²) in [5.41, 5.74) is -2.02. The Morgan fingerprint density at radius 1 is 1.03 bits per heavy atom. The number of halogens is 6. The summed E-state index contributed by atoms with van der Waals surface area (Å²) in [6, 6.07) is 1.21. The van der Waals surface area contributed by atoms with E-state index >= 15 is 4.39 Å². The van der Waals surface area contributed by atoms with E-state index in [-0.39, 0.29) is 23.6 Å². The minimum absolute atomic E-state index is 0.0599. The van der Waals surface area contributed by atoms with E-state index in [9.17, 15) is 40.3 Å². The molecule has 2 N–H and O–H groups in total. The number of hydrogen-bond donors (Lipinski definition) is 2. The molecule has 3 aliphatic rings. The predicted octanol–water partition coefficient (Wildman–Crippen LogP) is 3.73. The molecule has 0 bridgehead atoms. The molecule has 0 aromatic heterocycles.